The number of ether oxygens (including phenoxy) is 4. The Morgan fingerprint density at radius 1 is 0.729 bits per heavy atom. The SMILES string of the molecule is COc1cc2c(cc1N)CN(C(=O)CCN1CCOCC1)CC2.COc1cc2c(cc1[N+](=O)[O-])CN(C(=O)CCN1CCOCC1)CC2. The van der Waals surface area contributed by atoms with Gasteiger partial charge in [-0.2, -0.15) is 0 Å². The third-order valence-electron chi connectivity index (χ3n) is 9.47. The first-order valence-corrected chi connectivity index (χ1v) is 16.7. The number of hydrogen-bond donors (Lipinski definition) is 1. The molecule has 4 aliphatic heterocycles. The van der Waals surface area contributed by atoms with Crippen LogP contribution < -0.4 is 15.2 Å². The second-order valence-electron chi connectivity index (χ2n) is 12.5. The summed E-state index contributed by atoms with van der Waals surface area (Å²) in [6, 6.07) is 7.20. The lowest BCUT2D eigenvalue weighted by molar-refractivity contribution is -0.385. The van der Waals surface area contributed by atoms with Crippen LogP contribution in [0.3, 0.4) is 0 Å². The molecule has 2 aromatic rings. The van der Waals surface area contributed by atoms with Crippen LogP contribution in [-0.2, 0) is 45.0 Å². The maximum absolute atomic E-state index is 12.5. The van der Waals surface area contributed by atoms with Crippen molar-refractivity contribution in [3.63, 3.8) is 0 Å². The Bertz CT molecular complexity index is 1440. The van der Waals surface area contributed by atoms with Gasteiger partial charge in [0.2, 0.25) is 11.8 Å². The zero-order valence-corrected chi connectivity index (χ0v) is 28.1. The molecular weight excluding hydrogens is 620 g/mol. The van der Waals surface area contributed by atoms with E-state index in [9.17, 15) is 19.7 Å². The van der Waals surface area contributed by atoms with Crippen LogP contribution in [0.5, 0.6) is 11.5 Å². The van der Waals surface area contributed by atoms with Crippen molar-refractivity contribution in [3.05, 3.63) is 56.6 Å². The summed E-state index contributed by atoms with van der Waals surface area (Å²) < 4.78 is 21.0. The van der Waals surface area contributed by atoms with Gasteiger partial charge >= 0.3 is 5.69 Å². The fourth-order valence-corrected chi connectivity index (χ4v) is 6.56. The Balaban J connectivity index is 0.000000188. The fourth-order valence-electron chi connectivity index (χ4n) is 6.56. The highest BCUT2D eigenvalue weighted by atomic mass is 16.6. The monoisotopic (exact) mass is 668 g/mol. The van der Waals surface area contributed by atoms with Gasteiger partial charge < -0.3 is 34.5 Å². The second kappa shape index (κ2) is 16.9. The molecule has 14 nitrogen and oxygen atoms in total. The van der Waals surface area contributed by atoms with Gasteiger partial charge in [-0.1, -0.05) is 0 Å². The molecule has 0 saturated carbocycles. The average molecular weight is 669 g/mol. The minimum absolute atomic E-state index is 0.0520. The molecule has 14 heteroatoms. The Kier molecular flexibility index (Phi) is 12.4. The summed E-state index contributed by atoms with van der Waals surface area (Å²) in [4.78, 5) is 44.0. The molecule has 0 unspecified atom stereocenters. The van der Waals surface area contributed by atoms with Crippen molar-refractivity contribution in [1.82, 2.24) is 19.6 Å². The van der Waals surface area contributed by atoms with Gasteiger partial charge in [0.05, 0.1) is 51.3 Å². The van der Waals surface area contributed by atoms with Crippen LogP contribution in [0.25, 0.3) is 0 Å². The first kappa shape index (κ1) is 35.3. The van der Waals surface area contributed by atoms with Crippen molar-refractivity contribution in [1.29, 1.82) is 0 Å². The van der Waals surface area contributed by atoms with E-state index in [1.165, 1.54) is 18.7 Å². The molecule has 0 radical (unpaired) electrons. The molecular formula is C34H48N6O8. The minimum atomic E-state index is -0.446. The fraction of sp³-hybridized carbons (Fsp3) is 0.588. The van der Waals surface area contributed by atoms with Gasteiger partial charge in [0.25, 0.3) is 0 Å². The summed E-state index contributed by atoms with van der Waals surface area (Å²) in [7, 11) is 3.06. The lowest BCUT2D eigenvalue weighted by Crippen LogP contribution is -2.41. The summed E-state index contributed by atoms with van der Waals surface area (Å²) in [5, 5.41) is 11.2. The molecule has 48 heavy (non-hydrogen) atoms. The predicted molar refractivity (Wildman–Crippen MR) is 179 cm³/mol. The number of nitrogens with zero attached hydrogens (tertiary/aromatic N) is 5. The van der Waals surface area contributed by atoms with Gasteiger partial charge in [0, 0.05) is 84.4 Å². The summed E-state index contributed by atoms with van der Waals surface area (Å²) in [5.41, 5.74) is 10.8. The number of carbonyl (C=O) groups is 2. The lowest BCUT2D eigenvalue weighted by Gasteiger charge is -2.31. The number of nitrogen functional groups attached to an aromatic ring is 1. The van der Waals surface area contributed by atoms with Crippen LogP contribution in [0.2, 0.25) is 0 Å². The maximum Gasteiger partial charge on any atom is 0.311 e. The van der Waals surface area contributed by atoms with Crippen LogP contribution in [0.15, 0.2) is 24.3 Å². The number of nitro benzene ring substituents is 1. The van der Waals surface area contributed by atoms with Crippen molar-refractivity contribution >= 4 is 23.2 Å². The van der Waals surface area contributed by atoms with E-state index in [2.05, 4.69) is 9.80 Å². The van der Waals surface area contributed by atoms with E-state index in [-0.39, 0.29) is 23.3 Å². The average Bonchev–Trinajstić information content (AvgIpc) is 3.12. The molecule has 4 aliphatic rings. The minimum Gasteiger partial charge on any atom is -0.495 e. The molecule has 2 fully saturated rings. The van der Waals surface area contributed by atoms with Crippen molar-refractivity contribution in [2.75, 3.05) is 98.7 Å². The molecule has 2 amide bonds. The summed E-state index contributed by atoms with van der Waals surface area (Å²) in [5.74, 6) is 1.30. The predicted octanol–water partition coefficient (Wildman–Crippen LogP) is 2.09. The number of amides is 2. The smallest absolute Gasteiger partial charge is 0.311 e. The summed E-state index contributed by atoms with van der Waals surface area (Å²) in [6.07, 6.45) is 2.58. The van der Waals surface area contributed by atoms with Crippen molar-refractivity contribution in [3.8, 4) is 11.5 Å². The molecule has 2 saturated heterocycles. The number of hydrogen-bond acceptors (Lipinski definition) is 11. The van der Waals surface area contributed by atoms with Crippen LogP contribution in [0.4, 0.5) is 11.4 Å². The number of fused-ring (bicyclic) bond motifs is 2. The Hall–Kier alpha value is -3.98. The van der Waals surface area contributed by atoms with Crippen LogP contribution in [-0.4, -0.2) is 129 Å². The first-order valence-electron chi connectivity index (χ1n) is 16.7. The zero-order valence-electron chi connectivity index (χ0n) is 28.1. The van der Waals surface area contributed by atoms with Gasteiger partial charge in [-0.05, 0) is 53.3 Å². The van der Waals surface area contributed by atoms with Gasteiger partial charge in [0.1, 0.15) is 5.75 Å². The maximum atomic E-state index is 12.5. The van der Waals surface area contributed by atoms with Crippen LogP contribution in [0, 0.1) is 10.1 Å². The van der Waals surface area contributed by atoms with E-state index in [1.54, 1.807) is 18.1 Å². The number of rotatable bonds is 9. The lowest BCUT2D eigenvalue weighted by atomic mass is 9.98. The molecule has 0 spiro atoms. The standard InChI is InChI=1S/C17H23N3O5.C17H25N3O3/c1-24-16-11-13-2-5-19(12-14(13)10-15(16)20(22)23)17(21)3-4-18-6-8-25-9-7-18;1-22-16-11-13-2-5-20(12-14(13)10-15(16)18)17(21)3-4-19-6-8-23-9-7-19/h10-11H,2-9,12H2,1H3;10-11H,2-9,12,18H2,1H3. The molecule has 6 rings (SSSR count). The molecule has 0 aliphatic carbocycles. The van der Waals surface area contributed by atoms with Crippen LogP contribution in [0.1, 0.15) is 35.1 Å². The number of carbonyl (C=O) groups excluding carboxylic acids is 2. The van der Waals surface area contributed by atoms with E-state index in [1.807, 2.05) is 17.0 Å². The molecule has 262 valence electrons. The van der Waals surface area contributed by atoms with E-state index < -0.39 is 4.92 Å². The van der Waals surface area contributed by atoms with E-state index in [4.69, 9.17) is 24.7 Å². The highest BCUT2D eigenvalue weighted by Crippen LogP contribution is 2.33. The molecule has 0 atom stereocenters. The van der Waals surface area contributed by atoms with Gasteiger partial charge in [-0.3, -0.25) is 29.5 Å². The largest absolute Gasteiger partial charge is 0.495 e. The first-order chi connectivity index (χ1) is 23.2. The molecule has 0 aromatic heterocycles. The van der Waals surface area contributed by atoms with Crippen molar-refractivity contribution in [2.45, 2.75) is 38.8 Å². The number of morpholine rings is 2. The normalized spacial score (nSPS) is 18.2. The quantitative estimate of drug-likeness (QED) is 0.238. The third kappa shape index (κ3) is 9.13. The summed E-state index contributed by atoms with van der Waals surface area (Å²) >= 11 is 0. The van der Waals surface area contributed by atoms with Crippen molar-refractivity contribution in [2.24, 2.45) is 0 Å². The number of methoxy groups -OCH3 is 2. The highest BCUT2D eigenvalue weighted by molar-refractivity contribution is 5.77. The Morgan fingerprint density at radius 3 is 1.65 bits per heavy atom. The molecule has 4 heterocycles. The van der Waals surface area contributed by atoms with Gasteiger partial charge in [0.15, 0.2) is 5.75 Å². The Morgan fingerprint density at radius 2 is 1.19 bits per heavy atom. The highest BCUT2D eigenvalue weighted by Gasteiger charge is 2.26. The van der Waals surface area contributed by atoms with Gasteiger partial charge in [-0.25, -0.2) is 0 Å². The molecule has 2 aromatic carbocycles. The van der Waals surface area contributed by atoms with E-state index >= 15 is 0 Å². The zero-order chi connectivity index (χ0) is 34.0. The number of benzene rings is 2. The number of nitro groups is 1. The topological polar surface area (TPSA) is 153 Å². The van der Waals surface area contributed by atoms with Gasteiger partial charge in [-0.15, -0.1) is 0 Å². The van der Waals surface area contributed by atoms with E-state index in [0.717, 1.165) is 101 Å². The Labute approximate surface area is 281 Å². The number of nitrogens with two attached hydrogens (primary N) is 1. The molecule has 2 N–H and O–H groups in total. The molecule has 0 bridgehead atoms. The van der Waals surface area contributed by atoms with Crippen LogP contribution >= 0.6 is 0 Å². The van der Waals surface area contributed by atoms with E-state index in [0.29, 0.717) is 44.6 Å². The third-order valence-corrected chi connectivity index (χ3v) is 9.47. The number of anilines is 1. The second-order valence-corrected chi connectivity index (χ2v) is 12.5. The summed E-state index contributed by atoms with van der Waals surface area (Å²) in [6.45, 7) is 10.6. The van der Waals surface area contributed by atoms with Crippen molar-refractivity contribution < 1.29 is 33.5 Å².